The quantitative estimate of drug-likeness (QED) is 0.0500. The topological polar surface area (TPSA) is 37.4 Å². The molecule has 5 aromatic heterocycles. The molecule has 0 unspecified atom stereocenters. The Morgan fingerprint density at radius 2 is 1.07 bits per heavy atom. The van der Waals surface area contributed by atoms with Crippen molar-refractivity contribution < 1.29 is 9.59 Å². The van der Waals surface area contributed by atoms with Crippen LogP contribution in [0.5, 0.6) is 0 Å². The Labute approximate surface area is 364 Å². The molecule has 7 rings (SSSR count). The van der Waals surface area contributed by atoms with E-state index >= 15 is 0 Å². The minimum absolute atomic E-state index is 0.0599. The van der Waals surface area contributed by atoms with E-state index in [1.165, 1.54) is 84.0 Å². The van der Waals surface area contributed by atoms with Crippen molar-refractivity contribution in [1.29, 1.82) is 0 Å². The SMILES string of the molecule is CCCCCCCCN1C(=O)c2c(-c3cc4c(s3)-c3sc(C(C)(C)C)cc3[Si]4(Cc3ccc(CCCC)s3)Cc3ccc(CCCC)s3)sc(C(C)(C)C)c2C1=O. The van der Waals surface area contributed by atoms with Crippen LogP contribution in [-0.4, -0.2) is 31.3 Å². The summed E-state index contributed by atoms with van der Waals surface area (Å²) in [5, 5.41) is 3.18. The van der Waals surface area contributed by atoms with Crippen LogP contribution in [0.1, 0.15) is 177 Å². The van der Waals surface area contributed by atoms with Crippen LogP contribution in [-0.2, 0) is 35.8 Å². The molecule has 0 aliphatic carbocycles. The van der Waals surface area contributed by atoms with Crippen LogP contribution in [0.3, 0.4) is 0 Å². The third kappa shape index (κ3) is 8.59. The molecule has 2 aliphatic rings. The van der Waals surface area contributed by atoms with Crippen LogP contribution < -0.4 is 10.4 Å². The van der Waals surface area contributed by atoms with Crippen LogP contribution in [0.4, 0.5) is 0 Å². The molecule has 3 nitrogen and oxygen atoms in total. The fourth-order valence-electron chi connectivity index (χ4n) is 8.66. The minimum atomic E-state index is -2.41. The van der Waals surface area contributed by atoms with Gasteiger partial charge in [-0.05, 0) is 102 Å². The van der Waals surface area contributed by atoms with Gasteiger partial charge in [0.05, 0.1) is 16.0 Å². The Hall–Kier alpha value is -2.14. The van der Waals surface area contributed by atoms with E-state index in [1.807, 2.05) is 45.3 Å². The zero-order valence-corrected chi connectivity index (χ0v) is 41.0. The van der Waals surface area contributed by atoms with Crippen molar-refractivity contribution in [3.63, 3.8) is 0 Å². The molecule has 0 saturated carbocycles. The summed E-state index contributed by atoms with van der Waals surface area (Å²) in [7, 11) is -2.41. The number of nitrogens with zero attached hydrogens (tertiary/aromatic N) is 1. The lowest BCUT2D eigenvalue weighted by Gasteiger charge is -2.28. The predicted octanol–water partition coefficient (Wildman–Crippen LogP) is 14.0. The summed E-state index contributed by atoms with van der Waals surface area (Å²) < 4.78 is 0. The number of aryl methyl sites for hydroxylation is 2. The van der Waals surface area contributed by atoms with E-state index in [2.05, 4.69) is 98.7 Å². The molecule has 0 aromatic carbocycles. The van der Waals surface area contributed by atoms with E-state index in [0.717, 1.165) is 53.9 Å². The van der Waals surface area contributed by atoms with Gasteiger partial charge >= 0.3 is 0 Å². The first-order valence-electron chi connectivity index (χ1n) is 21.7. The molecule has 9 heteroatoms. The van der Waals surface area contributed by atoms with Crippen LogP contribution in [0.25, 0.3) is 19.5 Å². The standard InChI is InChI=1S/C48H63NO2S5Si/c1-10-13-16-17-18-19-26-49-45(50)39-40(46(49)51)44(48(7,8)9)56-41(39)35-27-36-42(54-35)43-37(28-38(55-43)47(4,5)6)57(36,29-33-24-22-31(52-33)20-14-11-2)30-34-25-23-32(53-34)21-15-12-3/h22-25,27-28H,10-21,26,29-30H2,1-9H3. The molecule has 0 fully saturated rings. The number of fused-ring (bicyclic) bond motifs is 4. The van der Waals surface area contributed by atoms with Crippen molar-refractivity contribution in [2.24, 2.45) is 0 Å². The first-order chi connectivity index (χ1) is 27.2. The second-order valence-corrected chi connectivity index (χ2v) is 28.2. The smallest absolute Gasteiger partial charge is 0.263 e. The van der Waals surface area contributed by atoms with Crippen molar-refractivity contribution in [3.8, 4) is 19.5 Å². The van der Waals surface area contributed by atoms with Gasteiger partial charge in [-0.1, -0.05) is 107 Å². The zero-order valence-electron chi connectivity index (χ0n) is 35.9. The average Bonchev–Trinajstić information content (AvgIpc) is 4.01. The normalized spacial score (nSPS) is 14.9. The van der Waals surface area contributed by atoms with Gasteiger partial charge in [-0.3, -0.25) is 14.5 Å². The molecule has 2 aliphatic heterocycles. The van der Waals surface area contributed by atoms with Gasteiger partial charge in [0, 0.05) is 50.4 Å². The lowest BCUT2D eigenvalue weighted by Crippen LogP contribution is -2.59. The Morgan fingerprint density at radius 3 is 1.65 bits per heavy atom. The van der Waals surface area contributed by atoms with E-state index in [1.54, 1.807) is 26.6 Å². The first kappa shape index (κ1) is 43.0. The molecule has 0 saturated heterocycles. The Bertz CT molecular complexity index is 2160. The number of carbonyl (C=O) groups excluding carboxylic acids is 2. The highest BCUT2D eigenvalue weighted by atomic mass is 32.1. The highest BCUT2D eigenvalue weighted by Gasteiger charge is 2.51. The van der Waals surface area contributed by atoms with Gasteiger partial charge in [0.2, 0.25) is 0 Å². The van der Waals surface area contributed by atoms with E-state index in [9.17, 15) is 9.59 Å². The summed E-state index contributed by atoms with van der Waals surface area (Å²) in [6.07, 6.45) is 14.0. The molecule has 0 radical (unpaired) electrons. The van der Waals surface area contributed by atoms with Crippen molar-refractivity contribution in [1.82, 2.24) is 4.90 Å². The predicted molar refractivity (Wildman–Crippen MR) is 255 cm³/mol. The molecule has 0 bridgehead atoms. The highest BCUT2D eigenvalue weighted by Crippen LogP contribution is 2.51. The summed E-state index contributed by atoms with van der Waals surface area (Å²) in [5.74, 6) is -0.155. The van der Waals surface area contributed by atoms with Crippen LogP contribution in [0, 0.1) is 0 Å². The summed E-state index contributed by atoms with van der Waals surface area (Å²) in [6.45, 7) is 21.0. The van der Waals surface area contributed by atoms with Crippen molar-refractivity contribution in [2.45, 2.75) is 162 Å². The Kier molecular flexibility index (Phi) is 13.2. The number of amides is 2. The second-order valence-electron chi connectivity index (χ2n) is 18.6. The fraction of sp³-hybridized carbons (Fsp3) is 0.542. The number of hydrogen-bond donors (Lipinski definition) is 0. The number of unbranched alkanes of at least 4 members (excludes halogenated alkanes) is 7. The van der Waals surface area contributed by atoms with Crippen LogP contribution >= 0.6 is 56.7 Å². The summed E-state index contributed by atoms with van der Waals surface area (Å²) in [4.78, 5) is 44.0. The summed E-state index contributed by atoms with van der Waals surface area (Å²) >= 11 is 9.72. The number of carbonyl (C=O) groups is 2. The summed E-state index contributed by atoms with van der Waals surface area (Å²) in [6, 6.07) is 17.0. The molecule has 7 heterocycles. The average molecular weight is 874 g/mol. The van der Waals surface area contributed by atoms with E-state index in [-0.39, 0.29) is 22.6 Å². The molecule has 306 valence electrons. The monoisotopic (exact) mass is 873 g/mol. The van der Waals surface area contributed by atoms with Crippen molar-refractivity contribution in [3.05, 3.63) is 76.8 Å². The molecule has 5 aromatic rings. The maximum absolute atomic E-state index is 14.5. The number of thiophene rings is 5. The summed E-state index contributed by atoms with van der Waals surface area (Å²) in [5.41, 5.74) is 1.17. The van der Waals surface area contributed by atoms with E-state index in [0.29, 0.717) is 17.7 Å². The van der Waals surface area contributed by atoms with Gasteiger partial charge in [-0.25, -0.2) is 0 Å². The molecule has 57 heavy (non-hydrogen) atoms. The van der Waals surface area contributed by atoms with Gasteiger partial charge < -0.3 is 0 Å². The van der Waals surface area contributed by atoms with Crippen LogP contribution in [0.2, 0.25) is 0 Å². The lowest BCUT2D eigenvalue weighted by atomic mass is 9.90. The number of hydrogen-bond acceptors (Lipinski definition) is 7. The Morgan fingerprint density at radius 1 is 0.544 bits per heavy atom. The third-order valence-corrected chi connectivity index (χ3v) is 24.5. The van der Waals surface area contributed by atoms with Crippen molar-refractivity contribution in [2.75, 3.05) is 6.54 Å². The third-order valence-electron chi connectivity index (χ3n) is 11.8. The van der Waals surface area contributed by atoms with Gasteiger partial charge in [-0.2, -0.15) is 0 Å². The zero-order chi connectivity index (χ0) is 40.7. The highest BCUT2D eigenvalue weighted by molar-refractivity contribution is 7.32. The van der Waals surface area contributed by atoms with Gasteiger partial charge in [0.15, 0.2) is 0 Å². The Balaban J connectivity index is 1.36. The lowest BCUT2D eigenvalue weighted by molar-refractivity contribution is 0.0650. The van der Waals surface area contributed by atoms with Crippen molar-refractivity contribution >= 4 is 86.9 Å². The van der Waals surface area contributed by atoms with E-state index < -0.39 is 8.07 Å². The molecule has 0 N–H and O–H groups in total. The number of imide groups is 1. The van der Waals surface area contributed by atoms with E-state index in [4.69, 9.17) is 0 Å². The maximum atomic E-state index is 14.5. The van der Waals surface area contributed by atoms with Gasteiger partial charge in [0.1, 0.15) is 8.07 Å². The van der Waals surface area contributed by atoms with Crippen LogP contribution in [0.15, 0.2) is 36.4 Å². The molecular weight excluding hydrogens is 811 g/mol. The largest absolute Gasteiger partial charge is 0.274 e. The minimum Gasteiger partial charge on any atom is -0.274 e. The molecule has 0 atom stereocenters. The fourth-order valence-corrected chi connectivity index (χ4v) is 22.6. The second kappa shape index (κ2) is 17.5. The van der Waals surface area contributed by atoms with Gasteiger partial charge in [-0.15, -0.1) is 56.7 Å². The first-order valence-corrected chi connectivity index (χ1v) is 28.2. The molecular formula is C48H63NO2S5Si. The molecule has 2 amide bonds. The molecule has 0 spiro atoms. The number of rotatable bonds is 18. The maximum Gasteiger partial charge on any atom is 0.263 e. The van der Waals surface area contributed by atoms with Gasteiger partial charge in [0.25, 0.3) is 11.8 Å².